The van der Waals surface area contributed by atoms with Crippen molar-refractivity contribution in [3.05, 3.63) is 0 Å². The Bertz CT molecular complexity index is 441. The quantitative estimate of drug-likeness (QED) is 0.279. The van der Waals surface area contributed by atoms with E-state index in [1.165, 1.54) is 0 Å². The van der Waals surface area contributed by atoms with Crippen molar-refractivity contribution in [2.24, 2.45) is 0 Å². The van der Waals surface area contributed by atoms with Crippen molar-refractivity contribution >= 4 is 12.6 Å². The van der Waals surface area contributed by atoms with Gasteiger partial charge in [0.1, 0.15) is 12.6 Å². The molecule has 0 bridgehead atoms. The van der Waals surface area contributed by atoms with Crippen LogP contribution in [0, 0.1) is 0 Å². The largest absolute Gasteiger partial charge is 0.302 e. The third kappa shape index (κ3) is 15.0. The van der Waals surface area contributed by atoms with Crippen LogP contribution in [-0.2, 0) is 19.3 Å². The fourth-order valence-electron chi connectivity index (χ4n) is 3.78. The molecule has 0 radical (unpaired) electrons. The van der Waals surface area contributed by atoms with Crippen LogP contribution in [0.5, 0.6) is 0 Å². The molecule has 0 N–H and O–H groups in total. The molecule has 1 aliphatic heterocycles. The predicted octanol–water partition coefficient (Wildman–Crippen LogP) is -0.628. The van der Waals surface area contributed by atoms with Gasteiger partial charge in [0.2, 0.25) is 0 Å². The molecule has 32 heavy (non-hydrogen) atoms. The monoisotopic (exact) mass is 458 g/mol. The zero-order valence-corrected chi connectivity index (χ0v) is 20.8. The second kappa shape index (κ2) is 18.4. The second-order valence-corrected chi connectivity index (χ2v) is 8.62. The lowest BCUT2D eigenvalue weighted by molar-refractivity contribution is -0.126. The van der Waals surface area contributed by atoms with Crippen LogP contribution in [-0.4, -0.2) is 162 Å². The molecule has 1 rings (SSSR count). The van der Waals surface area contributed by atoms with E-state index in [-0.39, 0.29) is 0 Å². The van der Waals surface area contributed by atoms with E-state index in [1.807, 2.05) is 28.2 Å². The lowest BCUT2D eigenvalue weighted by Crippen LogP contribution is -2.43. The zero-order chi connectivity index (χ0) is 23.6. The summed E-state index contributed by atoms with van der Waals surface area (Å²) in [7, 11) is 7.61. The SMILES string of the molecule is CN(C)OCCN1CCCN(CC=O)CCN(CC=O)CCCN(CCON(C)C)CC1. The molecule has 0 aromatic heterocycles. The first-order chi connectivity index (χ1) is 15.4. The molecule has 0 aromatic rings. The Morgan fingerprint density at radius 1 is 0.594 bits per heavy atom. The van der Waals surface area contributed by atoms with E-state index in [0.717, 1.165) is 90.9 Å². The normalized spacial score (nSPS) is 19.9. The molecule has 0 amide bonds. The van der Waals surface area contributed by atoms with E-state index < -0.39 is 0 Å². The van der Waals surface area contributed by atoms with E-state index >= 15 is 0 Å². The van der Waals surface area contributed by atoms with Crippen molar-refractivity contribution in [1.29, 1.82) is 0 Å². The highest BCUT2D eigenvalue weighted by Gasteiger charge is 2.15. The maximum Gasteiger partial charge on any atom is 0.133 e. The highest BCUT2D eigenvalue weighted by atomic mass is 16.7. The molecule has 1 heterocycles. The number of carbonyl (C=O) groups is 2. The van der Waals surface area contributed by atoms with E-state index in [1.54, 1.807) is 10.1 Å². The number of carbonyl (C=O) groups excluding carboxylic acids is 2. The molecule has 1 fully saturated rings. The summed E-state index contributed by atoms with van der Waals surface area (Å²) in [5.41, 5.74) is 0. The van der Waals surface area contributed by atoms with Gasteiger partial charge in [-0.2, -0.15) is 10.1 Å². The Morgan fingerprint density at radius 3 is 1.28 bits per heavy atom. The van der Waals surface area contributed by atoms with Crippen molar-refractivity contribution < 1.29 is 19.3 Å². The molecular weight excluding hydrogens is 412 g/mol. The predicted molar refractivity (Wildman–Crippen MR) is 126 cm³/mol. The molecular formula is C22H46N6O4. The summed E-state index contributed by atoms with van der Waals surface area (Å²) >= 11 is 0. The minimum atomic E-state index is 0.443. The van der Waals surface area contributed by atoms with E-state index in [9.17, 15) is 9.59 Å². The van der Waals surface area contributed by atoms with E-state index in [0.29, 0.717) is 26.3 Å². The van der Waals surface area contributed by atoms with E-state index in [4.69, 9.17) is 9.68 Å². The van der Waals surface area contributed by atoms with Crippen LogP contribution in [0.1, 0.15) is 12.8 Å². The number of aldehydes is 2. The Labute approximate surface area is 194 Å². The highest BCUT2D eigenvalue weighted by Crippen LogP contribution is 2.03. The molecule has 188 valence electrons. The van der Waals surface area contributed by atoms with Gasteiger partial charge in [0.05, 0.1) is 26.3 Å². The summed E-state index contributed by atoms with van der Waals surface area (Å²) in [6, 6.07) is 0. The van der Waals surface area contributed by atoms with Gasteiger partial charge >= 0.3 is 0 Å². The van der Waals surface area contributed by atoms with Crippen LogP contribution >= 0.6 is 0 Å². The third-order valence-corrected chi connectivity index (χ3v) is 5.54. The molecule has 10 nitrogen and oxygen atoms in total. The number of hydrogen-bond donors (Lipinski definition) is 0. The number of rotatable bonds is 12. The standard InChI is InChI=1S/C22H46N6O4/c1-23(2)31-21-17-27-9-5-7-25(15-19-29)11-12-26(16-20-30)8-6-10-28(14-13-27)18-22-32-24(3)4/h19-20H,5-18,21-22H2,1-4H3. The Kier molecular flexibility index (Phi) is 16.7. The molecule has 0 saturated carbocycles. The molecule has 0 unspecified atom stereocenters. The van der Waals surface area contributed by atoms with Crippen LogP contribution in [0.25, 0.3) is 0 Å². The fourth-order valence-corrected chi connectivity index (χ4v) is 3.78. The third-order valence-electron chi connectivity index (χ3n) is 5.54. The van der Waals surface area contributed by atoms with Gasteiger partial charge in [-0.05, 0) is 39.0 Å². The molecule has 10 heteroatoms. The lowest BCUT2D eigenvalue weighted by atomic mass is 10.2. The smallest absolute Gasteiger partial charge is 0.133 e. The zero-order valence-electron chi connectivity index (χ0n) is 20.8. The molecule has 1 saturated heterocycles. The lowest BCUT2D eigenvalue weighted by Gasteiger charge is -2.31. The summed E-state index contributed by atoms with van der Waals surface area (Å²) < 4.78 is 0. The Hall–Kier alpha value is -0.980. The summed E-state index contributed by atoms with van der Waals surface area (Å²) in [5, 5.41) is 3.48. The van der Waals surface area contributed by atoms with Gasteiger partial charge in [0.15, 0.2) is 0 Å². The van der Waals surface area contributed by atoms with Crippen molar-refractivity contribution in [2.45, 2.75) is 12.8 Å². The number of hydrogen-bond acceptors (Lipinski definition) is 10. The number of hydroxylamine groups is 4. The molecule has 0 aliphatic carbocycles. The summed E-state index contributed by atoms with van der Waals surface area (Å²) in [4.78, 5) is 42.8. The van der Waals surface area contributed by atoms with Crippen LogP contribution in [0.2, 0.25) is 0 Å². The highest BCUT2D eigenvalue weighted by molar-refractivity contribution is 5.52. The average molecular weight is 459 g/mol. The van der Waals surface area contributed by atoms with Crippen LogP contribution in [0.15, 0.2) is 0 Å². The first kappa shape index (κ1) is 29.1. The van der Waals surface area contributed by atoms with Crippen molar-refractivity contribution in [3.63, 3.8) is 0 Å². The second-order valence-electron chi connectivity index (χ2n) is 8.62. The fraction of sp³-hybridized carbons (Fsp3) is 0.909. The Morgan fingerprint density at radius 2 is 0.938 bits per heavy atom. The maximum atomic E-state index is 11.1. The van der Waals surface area contributed by atoms with Crippen molar-refractivity contribution in [1.82, 2.24) is 29.7 Å². The minimum absolute atomic E-state index is 0.443. The van der Waals surface area contributed by atoms with Gasteiger partial charge in [-0.15, -0.1) is 0 Å². The Balaban J connectivity index is 2.75. The minimum Gasteiger partial charge on any atom is -0.302 e. The summed E-state index contributed by atoms with van der Waals surface area (Å²) in [5.74, 6) is 0. The summed E-state index contributed by atoms with van der Waals surface area (Å²) in [6.45, 7) is 11.2. The van der Waals surface area contributed by atoms with Crippen molar-refractivity contribution in [2.75, 3.05) is 120 Å². The van der Waals surface area contributed by atoms with Gasteiger partial charge in [-0.25, -0.2) is 0 Å². The first-order valence-corrected chi connectivity index (χ1v) is 11.8. The van der Waals surface area contributed by atoms with Crippen LogP contribution < -0.4 is 0 Å². The van der Waals surface area contributed by atoms with Gasteiger partial charge in [0, 0.05) is 67.5 Å². The van der Waals surface area contributed by atoms with Crippen molar-refractivity contribution in [3.8, 4) is 0 Å². The topological polar surface area (TPSA) is 72.0 Å². The van der Waals surface area contributed by atoms with Gasteiger partial charge in [0.25, 0.3) is 0 Å². The number of nitrogens with zero attached hydrogens (tertiary/aromatic N) is 6. The molecule has 0 spiro atoms. The van der Waals surface area contributed by atoms with Gasteiger partial charge in [-0.3, -0.25) is 29.3 Å². The average Bonchev–Trinajstić information content (AvgIpc) is 2.73. The molecule has 0 atom stereocenters. The molecule has 1 aliphatic rings. The molecule has 0 aromatic carbocycles. The van der Waals surface area contributed by atoms with Gasteiger partial charge < -0.3 is 9.59 Å². The van der Waals surface area contributed by atoms with E-state index in [2.05, 4.69) is 19.6 Å². The van der Waals surface area contributed by atoms with Crippen LogP contribution in [0.4, 0.5) is 0 Å². The summed E-state index contributed by atoms with van der Waals surface area (Å²) in [6.07, 6.45) is 3.94. The van der Waals surface area contributed by atoms with Crippen LogP contribution in [0.3, 0.4) is 0 Å². The maximum absolute atomic E-state index is 11.1. The first-order valence-electron chi connectivity index (χ1n) is 11.8. The van der Waals surface area contributed by atoms with Gasteiger partial charge in [-0.1, -0.05) is 0 Å².